The fraction of sp³-hybridized carbons (Fsp3) is 0.222. The monoisotopic (exact) mass is 362 g/mol. The highest BCUT2D eigenvalue weighted by molar-refractivity contribution is 5.96. The molecule has 0 saturated heterocycles. The van der Waals surface area contributed by atoms with E-state index in [2.05, 4.69) is 10.3 Å². The van der Waals surface area contributed by atoms with Crippen LogP contribution in [0.3, 0.4) is 0 Å². The van der Waals surface area contributed by atoms with E-state index in [0.29, 0.717) is 24.3 Å². The maximum Gasteiger partial charge on any atom is 0.416 e. The molecule has 3 aromatic rings. The number of aromatic nitrogens is 1. The molecule has 1 aromatic heterocycles. The van der Waals surface area contributed by atoms with Gasteiger partial charge < -0.3 is 14.5 Å². The third-order valence-corrected chi connectivity index (χ3v) is 4.12. The third kappa shape index (κ3) is 3.10. The van der Waals surface area contributed by atoms with Gasteiger partial charge >= 0.3 is 6.18 Å². The van der Waals surface area contributed by atoms with E-state index in [4.69, 9.17) is 9.15 Å². The summed E-state index contributed by atoms with van der Waals surface area (Å²) in [5.41, 5.74) is 1.11. The quantitative estimate of drug-likeness (QED) is 0.771. The Kier molecular flexibility index (Phi) is 3.82. The van der Waals surface area contributed by atoms with Crippen LogP contribution in [0.2, 0.25) is 0 Å². The van der Waals surface area contributed by atoms with Gasteiger partial charge in [0, 0.05) is 12.1 Å². The van der Waals surface area contributed by atoms with Crippen molar-refractivity contribution in [3.63, 3.8) is 0 Å². The molecule has 0 spiro atoms. The van der Waals surface area contributed by atoms with E-state index in [-0.39, 0.29) is 29.5 Å². The predicted octanol–water partition coefficient (Wildman–Crippen LogP) is 3.71. The van der Waals surface area contributed by atoms with Crippen molar-refractivity contribution in [3.8, 4) is 5.75 Å². The molecular formula is C18H13F3N2O3. The van der Waals surface area contributed by atoms with Crippen LogP contribution in [0.4, 0.5) is 13.2 Å². The summed E-state index contributed by atoms with van der Waals surface area (Å²) in [4.78, 5) is 15.8. The summed E-state index contributed by atoms with van der Waals surface area (Å²) >= 11 is 0. The fourth-order valence-electron chi connectivity index (χ4n) is 2.85. The van der Waals surface area contributed by atoms with Gasteiger partial charge in [-0.05, 0) is 48.4 Å². The van der Waals surface area contributed by atoms with E-state index >= 15 is 0 Å². The fourth-order valence-corrected chi connectivity index (χ4v) is 2.85. The zero-order valence-corrected chi connectivity index (χ0v) is 13.4. The number of nitrogens with one attached hydrogen (secondary N) is 1. The summed E-state index contributed by atoms with van der Waals surface area (Å²) in [6.07, 6.45) is -3.72. The number of hydrogen-bond acceptors (Lipinski definition) is 4. The standard InChI is InChI=1S/C18H13F3N2O3/c19-18(20,21)11-1-4-15-14(8-11)23-16(26-15)9-25-12-2-3-13-10(7-12)5-6-22-17(13)24/h1-4,7-8H,5-6,9H2,(H,22,24). The average Bonchev–Trinajstić information content (AvgIpc) is 3.01. The first-order valence-corrected chi connectivity index (χ1v) is 7.91. The molecule has 5 nitrogen and oxygen atoms in total. The topological polar surface area (TPSA) is 64.4 Å². The molecule has 1 N–H and O–H groups in total. The molecule has 0 unspecified atom stereocenters. The Morgan fingerprint density at radius 3 is 2.85 bits per heavy atom. The molecule has 2 heterocycles. The van der Waals surface area contributed by atoms with Gasteiger partial charge in [-0.3, -0.25) is 4.79 Å². The Morgan fingerprint density at radius 1 is 1.19 bits per heavy atom. The number of carbonyl (C=O) groups excluding carboxylic acids is 1. The van der Waals surface area contributed by atoms with Crippen molar-refractivity contribution in [3.05, 3.63) is 59.0 Å². The first kappa shape index (κ1) is 16.4. The number of nitrogens with zero attached hydrogens (tertiary/aromatic N) is 1. The number of rotatable bonds is 3. The second-order valence-electron chi connectivity index (χ2n) is 5.90. The van der Waals surface area contributed by atoms with E-state index in [0.717, 1.165) is 17.7 Å². The smallest absolute Gasteiger partial charge is 0.416 e. The van der Waals surface area contributed by atoms with E-state index in [1.54, 1.807) is 18.2 Å². The van der Waals surface area contributed by atoms with Gasteiger partial charge in [-0.25, -0.2) is 4.98 Å². The number of carbonyl (C=O) groups is 1. The molecule has 1 aliphatic rings. The van der Waals surface area contributed by atoms with Crippen LogP contribution in [0.15, 0.2) is 40.8 Å². The molecule has 1 aliphatic heterocycles. The minimum absolute atomic E-state index is 0.0268. The SMILES string of the molecule is O=C1NCCc2cc(OCc3nc4cc(C(F)(F)F)ccc4o3)ccc21. The highest BCUT2D eigenvalue weighted by atomic mass is 19.4. The van der Waals surface area contributed by atoms with Gasteiger partial charge in [-0.15, -0.1) is 0 Å². The Balaban J connectivity index is 1.52. The van der Waals surface area contributed by atoms with Crippen LogP contribution >= 0.6 is 0 Å². The second-order valence-corrected chi connectivity index (χ2v) is 5.90. The maximum absolute atomic E-state index is 12.7. The van der Waals surface area contributed by atoms with Crippen molar-refractivity contribution in [1.29, 1.82) is 0 Å². The number of amides is 1. The van der Waals surface area contributed by atoms with E-state index in [9.17, 15) is 18.0 Å². The second kappa shape index (κ2) is 6.05. The van der Waals surface area contributed by atoms with Crippen molar-refractivity contribution >= 4 is 17.0 Å². The zero-order valence-electron chi connectivity index (χ0n) is 13.4. The van der Waals surface area contributed by atoms with Crippen LogP contribution in [0, 0.1) is 0 Å². The van der Waals surface area contributed by atoms with Crippen LogP contribution in [0.25, 0.3) is 11.1 Å². The zero-order chi connectivity index (χ0) is 18.3. The molecule has 0 saturated carbocycles. The van der Waals surface area contributed by atoms with E-state index in [1.807, 2.05) is 0 Å². The van der Waals surface area contributed by atoms with Crippen LogP contribution in [-0.2, 0) is 19.2 Å². The van der Waals surface area contributed by atoms with Gasteiger partial charge in [0.25, 0.3) is 5.91 Å². The molecule has 26 heavy (non-hydrogen) atoms. The molecule has 1 amide bonds. The summed E-state index contributed by atoms with van der Waals surface area (Å²) in [6, 6.07) is 8.26. The summed E-state index contributed by atoms with van der Waals surface area (Å²) in [6.45, 7) is 0.545. The van der Waals surface area contributed by atoms with Crippen LogP contribution in [-0.4, -0.2) is 17.4 Å². The van der Waals surface area contributed by atoms with Crippen LogP contribution < -0.4 is 10.1 Å². The van der Waals surface area contributed by atoms with Crippen molar-refractivity contribution in [2.24, 2.45) is 0 Å². The lowest BCUT2D eigenvalue weighted by molar-refractivity contribution is -0.137. The van der Waals surface area contributed by atoms with Crippen molar-refractivity contribution in [2.45, 2.75) is 19.2 Å². The molecule has 2 aromatic carbocycles. The van der Waals surface area contributed by atoms with Gasteiger partial charge in [0.2, 0.25) is 5.89 Å². The summed E-state index contributed by atoms with van der Waals surface area (Å²) in [5, 5.41) is 2.76. The Hall–Kier alpha value is -3.03. The lowest BCUT2D eigenvalue weighted by Gasteiger charge is -2.17. The molecule has 0 atom stereocenters. The van der Waals surface area contributed by atoms with Gasteiger partial charge in [0.15, 0.2) is 12.2 Å². The van der Waals surface area contributed by atoms with Gasteiger partial charge in [-0.1, -0.05) is 0 Å². The predicted molar refractivity (Wildman–Crippen MR) is 85.8 cm³/mol. The number of ether oxygens (including phenoxy) is 1. The molecule has 134 valence electrons. The Bertz CT molecular complexity index is 995. The minimum Gasteiger partial charge on any atom is -0.484 e. The van der Waals surface area contributed by atoms with Gasteiger partial charge in [0.05, 0.1) is 5.56 Å². The average molecular weight is 362 g/mol. The highest BCUT2D eigenvalue weighted by Gasteiger charge is 2.31. The number of hydrogen-bond donors (Lipinski definition) is 1. The number of oxazole rings is 1. The maximum atomic E-state index is 12.7. The van der Waals surface area contributed by atoms with Gasteiger partial charge in [0.1, 0.15) is 11.3 Å². The summed E-state index contributed by atoms with van der Waals surface area (Å²) < 4.78 is 49.3. The van der Waals surface area contributed by atoms with Crippen LogP contribution in [0.1, 0.15) is 27.4 Å². The molecule has 0 fully saturated rings. The number of halogens is 3. The summed E-state index contributed by atoms with van der Waals surface area (Å²) in [5.74, 6) is 0.601. The molecule has 0 radical (unpaired) electrons. The first-order chi connectivity index (χ1) is 12.4. The Morgan fingerprint density at radius 2 is 2.04 bits per heavy atom. The first-order valence-electron chi connectivity index (χ1n) is 7.91. The van der Waals surface area contributed by atoms with Crippen molar-refractivity contribution < 1.29 is 27.1 Å². The Labute approximate surface area is 145 Å². The lowest BCUT2D eigenvalue weighted by Crippen LogP contribution is -2.31. The molecule has 0 bridgehead atoms. The van der Waals surface area contributed by atoms with E-state index in [1.165, 1.54) is 6.07 Å². The van der Waals surface area contributed by atoms with Crippen LogP contribution in [0.5, 0.6) is 5.75 Å². The number of fused-ring (bicyclic) bond motifs is 2. The largest absolute Gasteiger partial charge is 0.484 e. The summed E-state index contributed by atoms with van der Waals surface area (Å²) in [7, 11) is 0. The molecule has 0 aliphatic carbocycles. The minimum atomic E-state index is -4.43. The number of benzene rings is 2. The van der Waals surface area contributed by atoms with Crippen molar-refractivity contribution in [2.75, 3.05) is 6.54 Å². The molecule has 4 rings (SSSR count). The van der Waals surface area contributed by atoms with E-state index < -0.39 is 11.7 Å². The molecule has 8 heteroatoms. The lowest BCUT2D eigenvalue weighted by atomic mass is 10.0. The normalized spacial score (nSPS) is 14.2. The third-order valence-electron chi connectivity index (χ3n) is 4.12. The highest BCUT2D eigenvalue weighted by Crippen LogP contribution is 2.31. The number of alkyl halides is 3. The van der Waals surface area contributed by atoms with Crippen molar-refractivity contribution in [1.82, 2.24) is 10.3 Å². The molecular weight excluding hydrogens is 349 g/mol. The van der Waals surface area contributed by atoms with Gasteiger partial charge in [-0.2, -0.15) is 13.2 Å².